The second-order valence-corrected chi connectivity index (χ2v) is 8.00. The van der Waals surface area contributed by atoms with E-state index in [-0.39, 0.29) is 0 Å². The molecule has 0 aromatic heterocycles. The molecule has 136 valence electrons. The molecule has 0 amide bonds. The van der Waals surface area contributed by atoms with Gasteiger partial charge in [0.05, 0.1) is 0 Å². The van der Waals surface area contributed by atoms with Crippen molar-refractivity contribution in [3.05, 3.63) is 59.7 Å². The van der Waals surface area contributed by atoms with E-state index in [2.05, 4.69) is 88.0 Å². The van der Waals surface area contributed by atoms with Crippen LogP contribution < -0.4 is 4.90 Å². The summed E-state index contributed by atoms with van der Waals surface area (Å²) >= 11 is 0. The maximum atomic E-state index is 2.49. The Morgan fingerprint density at radius 2 is 1.56 bits per heavy atom. The number of anilines is 2. The van der Waals surface area contributed by atoms with Crippen LogP contribution in [0.15, 0.2) is 48.5 Å². The van der Waals surface area contributed by atoms with Crippen LogP contribution in [0, 0.1) is 25.7 Å². The molecule has 25 heavy (non-hydrogen) atoms. The van der Waals surface area contributed by atoms with Gasteiger partial charge in [0, 0.05) is 17.9 Å². The summed E-state index contributed by atoms with van der Waals surface area (Å²) in [6.07, 6.45) is 5.28. The topological polar surface area (TPSA) is 3.24 Å². The largest absolute Gasteiger partial charge is 0.341 e. The highest BCUT2D eigenvalue weighted by Gasteiger charge is 2.13. The van der Waals surface area contributed by atoms with Gasteiger partial charge in [-0.3, -0.25) is 0 Å². The van der Waals surface area contributed by atoms with Crippen molar-refractivity contribution in [1.82, 2.24) is 0 Å². The summed E-state index contributed by atoms with van der Waals surface area (Å²) in [5, 5.41) is 0. The number of hydrogen-bond acceptors (Lipinski definition) is 1. The summed E-state index contributed by atoms with van der Waals surface area (Å²) in [7, 11) is 0. The van der Waals surface area contributed by atoms with E-state index in [4.69, 9.17) is 0 Å². The molecule has 0 N–H and O–H groups in total. The molecule has 0 bridgehead atoms. The lowest BCUT2D eigenvalue weighted by Crippen LogP contribution is -2.21. The highest BCUT2D eigenvalue weighted by atomic mass is 15.1. The van der Waals surface area contributed by atoms with Gasteiger partial charge in [-0.2, -0.15) is 0 Å². The first-order valence-electron chi connectivity index (χ1n) is 9.87. The zero-order chi connectivity index (χ0) is 18.2. The average Bonchev–Trinajstić information content (AvgIpc) is 2.57. The van der Waals surface area contributed by atoms with Crippen molar-refractivity contribution in [3.63, 3.8) is 0 Å². The third-order valence-electron chi connectivity index (χ3n) is 5.03. The van der Waals surface area contributed by atoms with Gasteiger partial charge in [-0.25, -0.2) is 0 Å². The Morgan fingerprint density at radius 1 is 0.840 bits per heavy atom. The molecule has 0 radical (unpaired) electrons. The normalized spacial score (nSPS) is 12.4. The molecule has 0 spiro atoms. The number of hydrogen-bond donors (Lipinski definition) is 0. The van der Waals surface area contributed by atoms with E-state index < -0.39 is 0 Å². The molecule has 0 fully saturated rings. The summed E-state index contributed by atoms with van der Waals surface area (Å²) < 4.78 is 0. The Bertz CT molecular complexity index is 630. The molecular formula is C24H35N. The molecule has 1 heteroatoms. The van der Waals surface area contributed by atoms with E-state index in [1.165, 1.54) is 48.2 Å². The first-order valence-corrected chi connectivity index (χ1v) is 9.87. The summed E-state index contributed by atoms with van der Waals surface area (Å²) in [5.74, 6) is 1.60. The molecule has 1 unspecified atom stereocenters. The molecule has 0 saturated carbocycles. The van der Waals surface area contributed by atoms with Crippen LogP contribution in [0.25, 0.3) is 0 Å². The van der Waals surface area contributed by atoms with Gasteiger partial charge in [-0.1, -0.05) is 75.9 Å². The first-order chi connectivity index (χ1) is 12.0. The van der Waals surface area contributed by atoms with Crippen molar-refractivity contribution in [3.8, 4) is 0 Å². The van der Waals surface area contributed by atoms with E-state index in [1.54, 1.807) is 0 Å². The number of rotatable bonds is 9. The van der Waals surface area contributed by atoms with Gasteiger partial charge in [0.15, 0.2) is 0 Å². The fourth-order valence-electron chi connectivity index (χ4n) is 3.47. The van der Waals surface area contributed by atoms with Crippen molar-refractivity contribution in [2.45, 2.75) is 60.3 Å². The Labute approximate surface area is 155 Å². The quantitative estimate of drug-likeness (QED) is 0.464. The molecule has 2 rings (SSSR count). The zero-order valence-electron chi connectivity index (χ0n) is 16.8. The number of nitrogens with zero attached hydrogens (tertiary/aromatic N) is 1. The second-order valence-electron chi connectivity index (χ2n) is 8.00. The highest BCUT2D eigenvalue weighted by Crippen LogP contribution is 2.30. The lowest BCUT2D eigenvalue weighted by molar-refractivity contribution is 0.440. The van der Waals surface area contributed by atoms with Crippen molar-refractivity contribution >= 4 is 11.4 Å². The molecule has 1 atom stereocenters. The lowest BCUT2D eigenvalue weighted by Gasteiger charge is -2.28. The van der Waals surface area contributed by atoms with Crippen LogP contribution in [-0.4, -0.2) is 6.54 Å². The molecule has 0 aliphatic heterocycles. The minimum absolute atomic E-state index is 0.774. The summed E-state index contributed by atoms with van der Waals surface area (Å²) in [6.45, 7) is 12.5. The number of benzene rings is 2. The zero-order valence-corrected chi connectivity index (χ0v) is 16.8. The van der Waals surface area contributed by atoms with Gasteiger partial charge in [-0.05, 0) is 55.9 Å². The minimum Gasteiger partial charge on any atom is -0.341 e. The molecule has 0 heterocycles. The first kappa shape index (κ1) is 19.6. The summed E-state index contributed by atoms with van der Waals surface area (Å²) in [6, 6.07) is 17.6. The van der Waals surface area contributed by atoms with Gasteiger partial charge in [0.25, 0.3) is 0 Å². The van der Waals surface area contributed by atoms with E-state index in [1.807, 2.05) is 0 Å². The van der Waals surface area contributed by atoms with E-state index in [0.29, 0.717) is 0 Å². The van der Waals surface area contributed by atoms with Gasteiger partial charge >= 0.3 is 0 Å². The van der Waals surface area contributed by atoms with Crippen molar-refractivity contribution in [1.29, 1.82) is 0 Å². The SMILES string of the molecule is Cc1ccc(N(CCC(C)CCCC(C)C)c2ccccc2)c(C)c1. The Morgan fingerprint density at radius 3 is 2.20 bits per heavy atom. The van der Waals surface area contributed by atoms with Crippen LogP contribution in [-0.2, 0) is 0 Å². The Kier molecular flexibility index (Phi) is 7.55. The van der Waals surface area contributed by atoms with Crippen molar-refractivity contribution < 1.29 is 0 Å². The Hall–Kier alpha value is -1.76. The van der Waals surface area contributed by atoms with Crippen LogP contribution in [0.1, 0.15) is 57.6 Å². The van der Waals surface area contributed by atoms with Crippen molar-refractivity contribution in [2.24, 2.45) is 11.8 Å². The monoisotopic (exact) mass is 337 g/mol. The molecule has 2 aromatic rings. The van der Waals surface area contributed by atoms with E-state index in [0.717, 1.165) is 18.4 Å². The summed E-state index contributed by atoms with van der Waals surface area (Å²) in [5.41, 5.74) is 5.32. The maximum Gasteiger partial charge on any atom is 0.0440 e. The van der Waals surface area contributed by atoms with Crippen LogP contribution in [0.2, 0.25) is 0 Å². The fraction of sp³-hybridized carbons (Fsp3) is 0.500. The third-order valence-corrected chi connectivity index (χ3v) is 5.03. The predicted molar refractivity (Wildman–Crippen MR) is 112 cm³/mol. The van der Waals surface area contributed by atoms with Gasteiger partial charge in [-0.15, -0.1) is 0 Å². The van der Waals surface area contributed by atoms with E-state index in [9.17, 15) is 0 Å². The average molecular weight is 338 g/mol. The standard InChI is InChI=1S/C24H35N/c1-19(2)10-9-11-20(3)16-17-25(23-12-7-6-8-13-23)24-15-14-21(4)18-22(24)5/h6-8,12-15,18-20H,9-11,16-17H2,1-5H3. The van der Waals surface area contributed by atoms with Gasteiger partial charge in [0.1, 0.15) is 0 Å². The third kappa shape index (κ3) is 6.23. The fourth-order valence-corrected chi connectivity index (χ4v) is 3.47. The molecule has 0 aliphatic carbocycles. The van der Waals surface area contributed by atoms with Gasteiger partial charge < -0.3 is 4.90 Å². The minimum atomic E-state index is 0.774. The Balaban J connectivity index is 2.08. The summed E-state index contributed by atoms with van der Waals surface area (Å²) in [4.78, 5) is 2.49. The molecule has 2 aromatic carbocycles. The molecule has 0 saturated heterocycles. The lowest BCUT2D eigenvalue weighted by atomic mass is 9.97. The molecule has 1 nitrogen and oxygen atoms in total. The highest BCUT2D eigenvalue weighted by molar-refractivity contribution is 5.66. The van der Waals surface area contributed by atoms with Crippen LogP contribution in [0.5, 0.6) is 0 Å². The van der Waals surface area contributed by atoms with Gasteiger partial charge in [0.2, 0.25) is 0 Å². The number of aryl methyl sites for hydroxylation is 2. The van der Waals surface area contributed by atoms with Crippen LogP contribution in [0.4, 0.5) is 11.4 Å². The predicted octanol–water partition coefficient (Wildman–Crippen LogP) is 7.29. The molecule has 0 aliphatic rings. The maximum absolute atomic E-state index is 2.49. The van der Waals surface area contributed by atoms with Crippen LogP contribution >= 0.6 is 0 Å². The number of para-hydroxylation sites is 1. The van der Waals surface area contributed by atoms with Crippen LogP contribution in [0.3, 0.4) is 0 Å². The van der Waals surface area contributed by atoms with Crippen molar-refractivity contribution in [2.75, 3.05) is 11.4 Å². The second kappa shape index (κ2) is 9.65. The smallest absolute Gasteiger partial charge is 0.0440 e. The molecular weight excluding hydrogens is 302 g/mol. The van der Waals surface area contributed by atoms with E-state index >= 15 is 0 Å².